The standard InChI is InChI=1S/C12H14ClN3O2S2/c1-8-16-10(7-19-8)6-15-20(17,18)12-4-9(5-14)2-3-11(12)13/h2-4,7,15H,5-6,14H2,1H3. The van der Waals surface area contributed by atoms with E-state index in [1.807, 2.05) is 12.3 Å². The van der Waals surface area contributed by atoms with Crippen LogP contribution in [0, 0.1) is 6.92 Å². The summed E-state index contributed by atoms with van der Waals surface area (Å²) < 4.78 is 27.0. The molecule has 3 N–H and O–H groups in total. The number of benzene rings is 1. The van der Waals surface area contributed by atoms with Crippen LogP contribution in [0.2, 0.25) is 5.02 Å². The topological polar surface area (TPSA) is 85.1 Å². The van der Waals surface area contributed by atoms with Crippen LogP contribution in [0.5, 0.6) is 0 Å². The van der Waals surface area contributed by atoms with Crippen molar-refractivity contribution in [2.24, 2.45) is 5.73 Å². The molecule has 5 nitrogen and oxygen atoms in total. The van der Waals surface area contributed by atoms with Crippen LogP contribution in [-0.4, -0.2) is 13.4 Å². The first-order valence-electron chi connectivity index (χ1n) is 5.81. The van der Waals surface area contributed by atoms with E-state index in [1.165, 1.54) is 23.5 Å². The van der Waals surface area contributed by atoms with Crippen molar-refractivity contribution in [1.82, 2.24) is 9.71 Å². The molecule has 0 aliphatic carbocycles. The molecular formula is C12H14ClN3O2S2. The molecule has 0 atom stereocenters. The van der Waals surface area contributed by atoms with Crippen molar-refractivity contribution in [3.05, 3.63) is 44.9 Å². The fraction of sp³-hybridized carbons (Fsp3) is 0.250. The molecule has 0 spiro atoms. The Morgan fingerprint density at radius 3 is 2.80 bits per heavy atom. The third kappa shape index (κ3) is 3.56. The molecule has 2 aromatic rings. The molecule has 1 heterocycles. The average molecular weight is 332 g/mol. The average Bonchev–Trinajstić information content (AvgIpc) is 2.83. The summed E-state index contributed by atoms with van der Waals surface area (Å²) in [5, 5.41) is 2.88. The zero-order valence-electron chi connectivity index (χ0n) is 10.8. The Morgan fingerprint density at radius 2 is 2.20 bits per heavy atom. The van der Waals surface area contributed by atoms with Crippen LogP contribution in [0.25, 0.3) is 0 Å². The number of nitrogens with one attached hydrogen (secondary N) is 1. The summed E-state index contributed by atoms with van der Waals surface area (Å²) in [6.45, 7) is 2.26. The second-order valence-electron chi connectivity index (χ2n) is 4.15. The highest BCUT2D eigenvalue weighted by Crippen LogP contribution is 2.22. The summed E-state index contributed by atoms with van der Waals surface area (Å²) in [4.78, 5) is 4.24. The van der Waals surface area contributed by atoms with Crippen LogP contribution < -0.4 is 10.5 Å². The monoisotopic (exact) mass is 331 g/mol. The summed E-state index contributed by atoms with van der Waals surface area (Å²) in [6.07, 6.45) is 0. The molecule has 0 amide bonds. The molecule has 0 aliphatic heterocycles. The molecule has 1 aromatic heterocycles. The number of hydrogen-bond acceptors (Lipinski definition) is 5. The van der Waals surface area contributed by atoms with Crippen molar-refractivity contribution in [1.29, 1.82) is 0 Å². The first-order valence-corrected chi connectivity index (χ1v) is 8.55. The van der Waals surface area contributed by atoms with E-state index in [4.69, 9.17) is 17.3 Å². The van der Waals surface area contributed by atoms with Crippen LogP contribution in [0.4, 0.5) is 0 Å². The van der Waals surface area contributed by atoms with Gasteiger partial charge in [-0.1, -0.05) is 17.7 Å². The van der Waals surface area contributed by atoms with E-state index in [2.05, 4.69) is 9.71 Å². The van der Waals surface area contributed by atoms with Gasteiger partial charge in [0.05, 0.1) is 22.3 Å². The number of aromatic nitrogens is 1. The number of halogens is 1. The van der Waals surface area contributed by atoms with E-state index >= 15 is 0 Å². The zero-order chi connectivity index (χ0) is 14.8. The Balaban J connectivity index is 2.21. The first-order chi connectivity index (χ1) is 9.42. The SMILES string of the molecule is Cc1nc(CNS(=O)(=O)c2cc(CN)ccc2Cl)cs1. The van der Waals surface area contributed by atoms with Crippen molar-refractivity contribution < 1.29 is 8.42 Å². The fourth-order valence-electron chi connectivity index (χ4n) is 1.62. The smallest absolute Gasteiger partial charge is 0.242 e. The fourth-order valence-corrected chi connectivity index (χ4v) is 3.78. The highest BCUT2D eigenvalue weighted by molar-refractivity contribution is 7.89. The van der Waals surface area contributed by atoms with Gasteiger partial charge in [0.1, 0.15) is 4.90 Å². The summed E-state index contributed by atoms with van der Waals surface area (Å²) in [7, 11) is -3.69. The molecule has 8 heteroatoms. The first kappa shape index (κ1) is 15.4. The highest BCUT2D eigenvalue weighted by atomic mass is 35.5. The maximum atomic E-state index is 12.2. The lowest BCUT2D eigenvalue weighted by Crippen LogP contribution is -2.24. The van der Waals surface area contributed by atoms with Crippen LogP contribution in [0.1, 0.15) is 16.3 Å². The van der Waals surface area contributed by atoms with Gasteiger partial charge in [-0.15, -0.1) is 11.3 Å². The molecule has 108 valence electrons. The minimum absolute atomic E-state index is 0.0362. The second kappa shape index (κ2) is 6.19. The maximum Gasteiger partial charge on any atom is 0.242 e. The van der Waals surface area contributed by atoms with Crippen molar-refractivity contribution in [2.45, 2.75) is 24.9 Å². The number of hydrogen-bond donors (Lipinski definition) is 2. The lowest BCUT2D eigenvalue weighted by atomic mass is 10.2. The van der Waals surface area contributed by atoms with Crippen LogP contribution in [0.15, 0.2) is 28.5 Å². The van der Waals surface area contributed by atoms with E-state index < -0.39 is 10.0 Å². The van der Waals surface area contributed by atoms with Gasteiger partial charge >= 0.3 is 0 Å². The van der Waals surface area contributed by atoms with E-state index in [9.17, 15) is 8.42 Å². The molecule has 0 fully saturated rings. The van der Waals surface area contributed by atoms with E-state index in [0.717, 1.165) is 5.01 Å². The van der Waals surface area contributed by atoms with Gasteiger partial charge in [0.25, 0.3) is 0 Å². The van der Waals surface area contributed by atoms with Crippen molar-refractivity contribution in [3.8, 4) is 0 Å². The lowest BCUT2D eigenvalue weighted by molar-refractivity contribution is 0.580. The minimum atomic E-state index is -3.69. The summed E-state index contributed by atoms with van der Waals surface area (Å²) in [5.74, 6) is 0. The number of sulfonamides is 1. The van der Waals surface area contributed by atoms with Crippen LogP contribution in [-0.2, 0) is 23.1 Å². The lowest BCUT2D eigenvalue weighted by Gasteiger charge is -2.09. The van der Waals surface area contributed by atoms with Crippen LogP contribution >= 0.6 is 22.9 Å². The molecule has 0 aliphatic rings. The van der Waals surface area contributed by atoms with Gasteiger partial charge in [0.15, 0.2) is 0 Å². The minimum Gasteiger partial charge on any atom is -0.326 e. The highest BCUT2D eigenvalue weighted by Gasteiger charge is 2.18. The van der Waals surface area contributed by atoms with E-state index in [-0.39, 0.29) is 23.0 Å². The summed E-state index contributed by atoms with van der Waals surface area (Å²) >= 11 is 7.42. The second-order valence-corrected chi connectivity index (χ2v) is 7.36. The summed E-state index contributed by atoms with van der Waals surface area (Å²) in [5.41, 5.74) is 6.90. The number of nitrogens with two attached hydrogens (primary N) is 1. The molecule has 0 bridgehead atoms. The van der Waals surface area contributed by atoms with Crippen LogP contribution in [0.3, 0.4) is 0 Å². The van der Waals surface area contributed by atoms with Gasteiger partial charge in [0.2, 0.25) is 10.0 Å². The Hall–Kier alpha value is -0.990. The Labute approximate surface area is 126 Å². The van der Waals surface area contributed by atoms with Crippen molar-refractivity contribution in [2.75, 3.05) is 0 Å². The van der Waals surface area contributed by atoms with Gasteiger partial charge < -0.3 is 5.73 Å². The molecule has 1 aromatic carbocycles. The van der Waals surface area contributed by atoms with Crippen molar-refractivity contribution >= 4 is 33.0 Å². The normalized spacial score (nSPS) is 11.8. The predicted octanol–water partition coefficient (Wildman–Crippen LogP) is 2.04. The zero-order valence-corrected chi connectivity index (χ0v) is 13.1. The molecule has 0 saturated heterocycles. The third-order valence-electron chi connectivity index (χ3n) is 2.63. The quantitative estimate of drug-likeness (QED) is 0.878. The molecule has 0 radical (unpaired) electrons. The molecular weight excluding hydrogens is 318 g/mol. The summed E-state index contributed by atoms with van der Waals surface area (Å²) in [6, 6.07) is 4.72. The number of aryl methyl sites for hydroxylation is 1. The predicted molar refractivity (Wildman–Crippen MR) is 80.2 cm³/mol. The van der Waals surface area contributed by atoms with Gasteiger partial charge in [-0.2, -0.15) is 0 Å². The largest absolute Gasteiger partial charge is 0.326 e. The van der Waals surface area contributed by atoms with Gasteiger partial charge in [-0.25, -0.2) is 18.1 Å². The van der Waals surface area contributed by atoms with Gasteiger partial charge in [-0.05, 0) is 24.6 Å². The Morgan fingerprint density at radius 1 is 1.45 bits per heavy atom. The molecule has 2 rings (SSSR count). The third-order valence-corrected chi connectivity index (χ3v) is 5.34. The number of thiazole rings is 1. The Bertz CT molecular complexity index is 713. The maximum absolute atomic E-state index is 12.2. The molecule has 20 heavy (non-hydrogen) atoms. The van der Waals surface area contributed by atoms with E-state index in [1.54, 1.807) is 6.07 Å². The number of rotatable bonds is 5. The Kier molecular flexibility index (Phi) is 4.77. The van der Waals surface area contributed by atoms with Gasteiger partial charge in [0, 0.05) is 11.9 Å². The van der Waals surface area contributed by atoms with Gasteiger partial charge in [-0.3, -0.25) is 0 Å². The molecule has 0 unspecified atom stereocenters. The number of nitrogens with zero attached hydrogens (tertiary/aromatic N) is 1. The van der Waals surface area contributed by atoms with Crippen molar-refractivity contribution in [3.63, 3.8) is 0 Å². The molecule has 0 saturated carbocycles. The van der Waals surface area contributed by atoms with E-state index in [0.29, 0.717) is 11.3 Å².